The summed E-state index contributed by atoms with van der Waals surface area (Å²) in [5, 5.41) is 27.8. The Balaban J connectivity index is 0.927. The van der Waals surface area contributed by atoms with Crippen LogP contribution in [0.5, 0.6) is 0 Å². The van der Waals surface area contributed by atoms with E-state index >= 15 is 0 Å². The molecule has 62 heavy (non-hydrogen) atoms. The van der Waals surface area contributed by atoms with Gasteiger partial charge in [0.05, 0.1) is 34.9 Å². The van der Waals surface area contributed by atoms with Crippen molar-refractivity contribution in [1.29, 1.82) is 0 Å². The fourth-order valence-corrected chi connectivity index (χ4v) is 10.5. The zero-order valence-corrected chi connectivity index (χ0v) is 36.5. The number of ketones is 1. The number of β-lactam (4-membered cyclic amide) rings is 1. The van der Waals surface area contributed by atoms with Gasteiger partial charge in [-0.05, 0) is 23.4 Å². The maximum atomic E-state index is 13.7. The molecule has 21 nitrogen and oxygen atoms in total. The molecule has 1 fully saturated rings. The minimum atomic E-state index is -1.12. The number of aryl methyl sites for hydroxylation is 4. The number of hydrogen-bond acceptors (Lipinski definition) is 21. The van der Waals surface area contributed by atoms with Gasteiger partial charge in [-0.2, -0.15) is 4.37 Å². The number of ether oxygens (including phenoxy) is 2. The van der Waals surface area contributed by atoms with Crippen LogP contribution in [0.4, 0.5) is 5.82 Å². The monoisotopic (exact) mass is 928 g/mol. The molecular formula is C37H38N9O12S4+. The van der Waals surface area contributed by atoms with Crippen LogP contribution in [0.15, 0.2) is 70.0 Å². The molecule has 7 rings (SSSR count). The van der Waals surface area contributed by atoms with Gasteiger partial charge in [-0.15, -0.1) is 23.1 Å². The van der Waals surface area contributed by atoms with Crippen LogP contribution < -0.4 is 10.4 Å². The van der Waals surface area contributed by atoms with Crippen LogP contribution in [-0.2, 0) is 68.2 Å². The van der Waals surface area contributed by atoms with Crippen molar-refractivity contribution in [3.05, 3.63) is 95.8 Å². The van der Waals surface area contributed by atoms with Crippen LogP contribution in [0.25, 0.3) is 11.3 Å². The lowest BCUT2D eigenvalue weighted by Gasteiger charge is -2.48. The Labute approximate surface area is 368 Å². The Bertz CT molecular complexity index is 2560. The number of carbonyl (C=O) groups excluding carboxylic acids is 3. The summed E-state index contributed by atoms with van der Waals surface area (Å²) in [5.41, 5.74) is 1.79. The van der Waals surface area contributed by atoms with E-state index < -0.39 is 33.9 Å². The predicted octanol–water partition coefficient (Wildman–Crippen LogP) is 3.37. The van der Waals surface area contributed by atoms with E-state index in [1.54, 1.807) is 13.8 Å². The maximum Gasteiger partial charge on any atom is 0.519 e. The van der Waals surface area contributed by atoms with Crippen LogP contribution in [0.2, 0.25) is 0 Å². The third-order valence-electron chi connectivity index (χ3n) is 9.44. The van der Waals surface area contributed by atoms with Gasteiger partial charge in [-0.25, -0.2) is 28.9 Å². The molecule has 326 valence electrons. The van der Waals surface area contributed by atoms with E-state index in [0.717, 1.165) is 33.3 Å². The van der Waals surface area contributed by atoms with Gasteiger partial charge in [0.25, 0.3) is 6.47 Å². The smallest absolute Gasteiger partial charge is 0.410 e. The van der Waals surface area contributed by atoms with E-state index in [9.17, 15) is 34.4 Å². The summed E-state index contributed by atoms with van der Waals surface area (Å²) in [7, 11) is 1.93. The molecule has 0 radical (unpaired) electrons. The SMILES string of the molecule is CCO/N=C(/Cc1nsc(CCc2oc(=O)oc2COCC(O)Cn2c([N+](=O)[O-])cnc2C)n1)C(=O)C[C@H]1C(=O)N2C(OC=O)=C(Sc3nc(-c4cc[n+](C)cc4)cs3)CSC12. The number of aromatic nitrogens is 6. The third kappa shape index (κ3) is 10.4. The van der Waals surface area contributed by atoms with E-state index in [1.807, 2.05) is 41.5 Å². The molecule has 0 bridgehead atoms. The first-order chi connectivity index (χ1) is 29.9. The van der Waals surface area contributed by atoms with Crippen molar-refractivity contribution >= 4 is 76.1 Å². The number of carbonyl (C=O) groups is 3. The average molecular weight is 929 g/mol. The average Bonchev–Trinajstić information content (AvgIpc) is 4.06. The lowest BCUT2D eigenvalue weighted by molar-refractivity contribution is -0.671. The second kappa shape index (κ2) is 20.1. The lowest BCUT2D eigenvalue weighted by atomic mass is 9.90. The molecule has 0 aliphatic carbocycles. The van der Waals surface area contributed by atoms with E-state index in [4.69, 9.17) is 28.1 Å². The first-order valence-corrected chi connectivity index (χ1v) is 22.4. The summed E-state index contributed by atoms with van der Waals surface area (Å²) in [6.45, 7) is 3.19. The van der Waals surface area contributed by atoms with Crippen molar-refractivity contribution in [3.8, 4) is 11.3 Å². The van der Waals surface area contributed by atoms with Crippen LogP contribution in [0, 0.1) is 23.0 Å². The number of Topliss-reactive ketones (excluding diaryl/α,β-unsaturated/α-hetero) is 1. The van der Waals surface area contributed by atoms with Gasteiger partial charge in [0.2, 0.25) is 11.8 Å². The van der Waals surface area contributed by atoms with E-state index in [2.05, 4.69) is 19.5 Å². The van der Waals surface area contributed by atoms with Crippen LogP contribution in [-0.4, -0.2) is 93.1 Å². The molecular weight excluding hydrogens is 891 g/mol. The van der Waals surface area contributed by atoms with Crippen molar-refractivity contribution in [2.75, 3.05) is 19.0 Å². The van der Waals surface area contributed by atoms with Gasteiger partial charge < -0.3 is 38.4 Å². The normalized spacial score (nSPS) is 16.9. The molecule has 7 heterocycles. The van der Waals surface area contributed by atoms with Gasteiger partial charge >= 0.3 is 11.6 Å². The van der Waals surface area contributed by atoms with Crippen molar-refractivity contribution in [2.24, 2.45) is 18.1 Å². The van der Waals surface area contributed by atoms with Gasteiger partial charge in [0.15, 0.2) is 39.9 Å². The standard InChI is InChI=1S/C37H38N9O12S4/c1-4-56-41-24(12-30-40-31(62-42-30)6-5-27-28(58-37(51)57-27)16-54-15-22(48)14-44-20(2)38-13-32(44)46(52)53)26(49)11-23-33(50)45-34(55-19-47)29(18-59-35(23)45)61-36-39-25(17-60-36)21-7-9-43(3)10-8-21/h7-10,13,17,19,22-23,35,48H,4-6,11-12,14-16,18H2,1-3H3/q+1/b41-24-/t22?,23-,35?/m0/s1. The molecule has 1 amide bonds. The molecule has 1 saturated heterocycles. The molecule has 25 heteroatoms. The second-order valence-corrected chi connectivity index (χ2v) is 17.8. The molecule has 2 aliphatic heterocycles. The van der Waals surface area contributed by atoms with Gasteiger partial charge in [-0.1, -0.05) is 16.9 Å². The lowest BCUT2D eigenvalue weighted by Crippen LogP contribution is -2.61. The first kappa shape index (κ1) is 44.5. The fourth-order valence-electron chi connectivity index (χ4n) is 6.42. The zero-order chi connectivity index (χ0) is 43.9. The van der Waals surface area contributed by atoms with Crippen LogP contribution in [0.3, 0.4) is 0 Å². The highest BCUT2D eigenvalue weighted by Crippen LogP contribution is 2.49. The first-order valence-electron chi connectivity index (χ1n) is 18.9. The molecule has 2 unspecified atom stereocenters. The number of thiazole rings is 1. The minimum Gasteiger partial charge on any atom is -0.410 e. The number of amides is 1. The Morgan fingerprint density at radius 1 is 1.23 bits per heavy atom. The van der Waals surface area contributed by atoms with Gasteiger partial charge in [0, 0.05) is 55.0 Å². The van der Waals surface area contributed by atoms with Crippen molar-refractivity contribution < 1.29 is 52.1 Å². The van der Waals surface area contributed by atoms with Gasteiger partial charge in [-0.3, -0.25) is 19.3 Å². The van der Waals surface area contributed by atoms with Gasteiger partial charge in [0.1, 0.15) is 55.7 Å². The van der Waals surface area contributed by atoms with Crippen molar-refractivity contribution in [2.45, 2.75) is 68.5 Å². The summed E-state index contributed by atoms with van der Waals surface area (Å²) < 4.78 is 29.5. The number of fused-ring (bicyclic) bond motifs is 1. The Hall–Kier alpha value is -5.60. The number of nitro groups is 1. The number of oxime groups is 1. The number of nitrogens with zero attached hydrogens (tertiary/aromatic N) is 9. The molecule has 2 aliphatic rings. The maximum absolute atomic E-state index is 13.7. The number of aliphatic hydroxyl groups is 1. The molecule has 0 saturated carbocycles. The number of aliphatic hydroxyl groups excluding tert-OH is 1. The third-order valence-corrected chi connectivity index (χ3v) is 13.8. The fraction of sp³-hybridized carbons (Fsp3) is 0.405. The Morgan fingerprint density at radius 2 is 2.02 bits per heavy atom. The van der Waals surface area contributed by atoms with Crippen LogP contribution >= 0.6 is 46.4 Å². The summed E-state index contributed by atoms with van der Waals surface area (Å²) in [4.78, 5) is 82.0. The number of hydrogen-bond donors (Lipinski definition) is 1. The topological polar surface area (TPSA) is 262 Å². The van der Waals surface area contributed by atoms with E-state index in [-0.39, 0.29) is 93.4 Å². The van der Waals surface area contributed by atoms with Crippen molar-refractivity contribution in [1.82, 2.24) is 28.8 Å². The quantitative estimate of drug-likeness (QED) is 0.0260. The van der Waals surface area contributed by atoms with Crippen molar-refractivity contribution in [3.63, 3.8) is 0 Å². The Kier molecular flexibility index (Phi) is 14.4. The summed E-state index contributed by atoms with van der Waals surface area (Å²) >= 11 is 5.31. The molecule has 0 spiro atoms. The van der Waals surface area contributed by atoms with Crippen LogP contribution in [0.1, 0.15) is 41.5 Å². The zero-order valence-electron chi connectivity index (χ0n) is 33.2. The molecule has 0 aromatic carbocycles. The number of pyridine rings is 1. The summed E-state index contributed by atoms with van der Waals surface area (Å²) in [6.07, 6.45) is 4.08. The molecule has 5 aromatic heterocycles. The highest BCUT2D eigenvalue weighted by atomic mass is 32.2. The number of rotatable bonds is 22. The van der Waals surface area contributed by atoms with E-state index in [1.165, 1.54) is 44.3 Å². The second-order valence-electron chi connectivity index (χ2n) is 13.7. The minimum absolute atomic E-state index is 0.0337. The summed E-state index contributed by atoms with van der Waals surface area (Å²) in [5.74, 6) is -1.18. The Morgan fingerprint density at radius 3 is 2.77 bits per heavy atom. The summed E-state index contributed by atoms with van der Waals surface area (Å²) in [6, 6.07) is 3.93. The molecule has 5 aromatic rings. The predicted molar refractivity (Wildman–Crippen MR) is 222 cm³/mol. The highest BCUT2D eigenvalue weighted by molar-refractivity contribution is 8.07. The molecule has 1 N–H and O–H groups in total. The molecule has 3 atom stereocenters. The largest absolute Gasteiger partial charge is 0.519 e. The number of thioether (sulfide) groups is 2. The highest BCUT2D eigenvalue weighted by Gasteiger charge is 2.54. The number of imidazole rings is 1. The van der Waals surface area contributed by atoms with E-state index in [0.29, 0.717) is 27.3 Å².